The standard InChI is InChI=1S/C23H40N4O2S.HI/c1-4-21(5-2)22(27-13-15-29-16-14-27)18-26-23(24-6-3)25-12-17-30(28)19-20-10-8-7-9-11-20;/h7-11,21-22H,4-6,12-19H2,1-3H3,(H2,24,25,26);1H. The molecule has 31 heavy (non-hydrogen) atoms. The maximum Gasteiger partial charge on any atom is 0.191 e. The molecule has 2 rings (SSSR count). The first-order chi connectivity index (χ1) is 14.7. The Morgan fingerprint density at radius 2 is 1.81 bits per heavy atom. The Bertz CT molecular complexity index is 638. The Morgan fingerprint density at radius 3 is 2.42 bits per heavy atom. The number of nitrogens with one attached hydrogen (secondary N) is 2. The Balaban J connectivity index is 0.00000480. The number of morpholine rings is 1. The fourth-order valence-corrected chi connectivity index (χ4v) is 4.99. The highest BCUT2D eigenvalue weighted by molar-refractivity contribution is 14.0. The van der Waals surface area contributed by atoms with Crippen LogP contribution in [0.1, 0.15) is 39.2 Å². The lowest BCUT2D eigenvalue weighted by Crippen LogP contribution is -2.49. The zero-order chi connectivity index (χ0) is 21.6. The van der Waals surface area contributed by atoms with Crippen molar-refractivity contribution in [1.29, 1.82) is 0 Å². The predicted molar refractivity (Wildman–Crippen MR) is 143 cm³/mol. The Labute approximate surface area is 208 Å². The molecule has 0 saturated carbocycles. The number of hydrogen-bond acceptors (Lipinski definition) is 4. The van der Waals surface area contributed by atoms with E-state index in [0.29, 0.717) is 30.0 Å². The summed E-state index contributed by atoms with van der Waals surface area (Å²) in [4.78, 5) is 7.44. The highest BCUT2D eigenvalue weighted by Crippen LogP contribution is 2.20. The van der Waals surface area contributed by atoms with Crippen molar-refractivity contribution in [2.45, 2.75) is 45.4 Å². The topological polar surface area (TPSA) is 66.0 Å². The molecule has 1 saturated heterocycles. The fraction of sp³-hybridized carbons (Fsp3) is 0.696. The molecule has 0 aliphatic carbocycles. The lowest BCUT2D eigenvalue weighted by molar-refractivity contribution is 0.00395. The van der Waals surface area contributed by atoms with Crippen molar-refractivity contribution >= 4 is 40.7 Å². The second kappa shape index (κ2) is 16.9. The highest BCUT2D eigenvalue weighted by atomic mass is 127. The molecule has 1 fully saturated rings. The molecule has 6 nitrogen and oxygen atoms in total. The van der Waals surface area contributed by atoms with Gasteiger partial charge in [0.05, 0.1) is 19.8 Å². The number of aliphatic imine (C=N–C) groups is 1. The van der Waals surface area contributed by atoms with E-state index >= 15 is 0 Å². The zero-order valence-corrected chi connectivity index (χ0v) is 22.5. The van der Waals surface area contributed by atoms with E-state index in [2.05, 4.69) is 36.3 Å². The average molecular weight is 565 g/mol. The molecule has 0 radical (unpaired) electrons. The molecule has 0 amide bonds. The molecule has 178 valence electrons. The molecule has 1 aromatic rings. The predicted octanol–water partition coefficient (Wildman–Crippen LogP) is 3.25. The number of rotatable bonds is 12. The second-order valence-electron chi connectivity index (χ2n) is 7.71. The average Bonchev–Trinajstić information content (AvgIpc) is 2.77. The van der Waals surface area contributed by atoms with E-state index in [9.17, 15) is 4.21 Å². The molecule has 2 N–H and O–H groups in total. The van der Waals surface area contributed by atoms with Gasteiger partial charge in [-0.2, -0.15) is 0 Å². The SMILES string of the molecule is CCNC(=NCC(C(CC)CC)N1CCOCC1)NCCS(=O)Cc1ccccc1.I. The number of guanidine groups is 1. The largest absolute Gasteiger partial charge is 0.379 e. The lowest BCUT2D eigenvalue weighted by Gasteiger charge is -2.38. The van der Waals surface area contributed by atoms with Gasteiger partial charge >= 0.3 is 0 Å². The summed E-state index contributed by atoms with van der Waals surface area (Å²) >= 11 is 0. The van der Waals surface area contributed by atoms with E-state index in [4.69, 9.17) is 9.73 Å². The Morgan fingerprint density at radius 1 is 1.13 bits per heavy atom. The molecule has 0 spiro atoms. The van der Waals surface area contributed by atoms with Gasteiger partial charge in [0.15, 0.2) is 5.96 Å². The van der Waals surface area contributed by atoms with Crippen LogP contribution in [0.3, 0.4) is 0 Å². The first-order valence-electron chi connectivity index (χ1n) is 11.4. The van der Waals surface area contributed by atoms with Gasteiger partial charge in [0.1, 0.15) is 0 Å². The third-order valence-electron chi connectivity index (χ3n) is 5.68. The molecular weight excluding hydrogens is 523 g/mol. The van der Waals surface area contributed by atoms with Crippen molar-refractivity contribution in [3.63, 3.8) is 0 Å². The van der Waals surface area contributed by atoms with Gasteiger partial charge in [-0.3, -0.25) is 14.1 Å². The molecule has 1 aromatic carbocycles. The summed E-state index contributed by atoms with van der Waals surface area (Å²) in [6, 6.07) is 10.5. The summed E-state index contributed by atoms with van der Waals surface area (Å²) < 4.78 is 17.9. The molecule has 2 unspecified atom stereocenters. The van der Waals surface area contributed by atoms with Crippen LogP contribution in [0.2, 0.25) is 0 Å². The van der Waals surface area contributed by atoms with Gasteiger partial charge in [-0.25, -0.2) is 0 Å². The van der Waals surface area contributed by atoms with E-state index in [1.807, 2.05) is 30.3 Å². The first kappa shape index (κ1) is 28.3. The van der Waals surface area contributed by atoms with E-state index in [1.54, 1.807) is 0 Å². The maximum atomic E-state index is 12.4. The minimum absolute atomic E-state index is 0. The Kier molecular flexibility index (Phi) is 15.4. The first-order valence-corrected chi connectivity index (χ1v) is 12.9. The third kappa shape index (κ3) is 10.6. The monoisotopic (exact) mass is 564 g/mol. The molecule has 1 heterocycles. The fourth-order valence-electron chi connectivity index (χ4n) is 3.95. The van der Waals surface area contributed by atoms with E-state index < -0.39 is 10.8 Å². The summed E-state index contributed by atoms with van der Waals surface area (Å²) in [7, 11) is -0.885. The summed E-state index contributed by atoms with van der Waals surface area (Å²) in [5.41, 5.74) is 1.12. The van der Waals surface area contributed by atoms with Gasteiger partial charge in [-0.15, -0.1) is 24.0 Å². The van der Waals surface area contributed by atoms with Crippen molar-refractivity contribution in [3.8, 4) is 0 Å². The van der Waals surface area contributed by atoms with Crippen LogP contribution in [-0.2, 0) is 21.3 Å². The van der Waals surface area contributed by atoms with Crippen molar-refractivity contribution in [2.24, 2.45) is 10.9 Å². The molecule has 0 aromatic heterocycles. The van der Waals surface area contributed by atoms with Crippen molar-refractivity contribution in [1.82, 2.24) is 15.5 Å². The minimum atomic E-state index is -0.885. The van der Waals surface area contributed by atoms with E-state index in [0.717, 1.165) is 63.8 Å². The minimum Gasteiger partial charge on any atom is -0.379 e. The summed E-state index contributed by atoms with van der Waals surface area (Å²) in [6.45, 7) is 12.5. The van der Waals surface area contributed by atoms with Crippen molar-refractivity contribution in [2.75, 3.05) is 51.7 Å². The van der Waals surface area contributed by atoms with Gasteiger partial charge in [0.2, 0.25) is 0 Å². The summed E-state index contributed by atoms with van der Waals surface area (Å²) in [5, 5.41) is 6.71. The van der Waals surface area contributed by atoms with Crippen molar-refractivity contribution < 1.29 is 8.95 Å². The Hall–Kier alpha value is -0.710. The van der Waals surface area contributed by atoms with E-state index in [1.165, 1.54) is 0 Å². The molecular formula is C23H41IN4O2S. The van der Waals surface area contributed by atoms with Gasteiger partial charge in [0, 0.05) is 54.5 Å². The lowest BCUT2D eigenvalue weighted by atomic mass is 9.92. The summed E-state index contributed by atoms with van der Waals surface area (Å²) in [6.07, 6.45) is 2.33. The van der Waals surface area contributed by atoms with Crippen LogP contribution in [0, 0.1) is 5.92 Å². The third-order valence-corrected chi connectivity index (χ3v) is 7.00. The zero-order valence-electron chi connectivity index (χ0n) is 19.3. The van der Waals surface area contributed by atoms with Crippen LogP contribution in [-0.4, -0.2) is 72.8 Å². The van der Waals surface area contributed by atoms with Gasteiger partial charge in [-0.05, 0) is 18.4 Å². The van der Waals surface area contributed by atoms with Gasteiger partial charge < -0.3 is 15.4 Å². The van der Waals surface area contributed by atoms with Crippen LogP contribution >= 0.6 is 24.0 Å². The van der Waals surface area contributed by atoms with Crippen LogP contribution in [0.25, 0.3) is 0 Å². The summed E-state index contributed by atoms with van der Waals surface area (Å²) in [5.74, 6) is 2.66. The number of benzene rings is 1. The van der Waals surface area contributed by atoms with Crippen LogP contribution in [0.4, 0.5) is 0 Å². The van der Waals surface area contributed by atoms with Gasteiger partial charge in [0.25, 0.3) is 0 Å². The quantitative estimate of drug-likeness (QED) is 0.232. The second-order valence-corrected chi connectivity index (χ2v) is 9.29. The number of ether oxygens (including phenoxy) is 1. The van der Waals surface area contributed by atoms with Crippen molar-refractivity contribution in [3.05, 3.63) is 35.9 Å². The van der Waals surface area contributed by atoms with Gasteiger partial charge in [-0.1, -0.05) is 57.0 Å². The molecule has 1 aliphatic heterocycles. The molecule has 0 bridgehead atoms. The highest BCUT2D eigenvalue weighted by Gasteiger charge is 2.26. The maximum absolute atomic E-state index is 12.4. The smallest absolute Gasteiger partial charge is 0.191 e. The number of nitrogens with zero attached hydrogens (tertiary/aromatic N) is 2. The molecule has 1 aliphatic rings. The number of halogens is 1. The molecule has 2 atom stereocenters. The number of hydrogen-bond donors (Lipinski definition) is 2. The van der Waals surface area contributed by atoms with Crippen LogP contribution < -0.4 is 10.6 Å². The normalized spacial score (nSPS) is 17.1. The van der Waals surface area contributed by atoms with Crippen LogP contribution in [0.15, 0.2) is 35.3 Å². The van der Waals surface area contributed by atoms with Crippen LogP contribution in [0.5, 0.6) is 0 Å². The van der Waals surface area contributed by atoms with E-state index in [-0.39, 0.29) is 24.0 Å². The molecule has 8 heteroatoms.